The molecule has 0 spiro atoms. The molecule has 0 amide bonds. The maximum atomic E-state index is 6.76. The third kappa shape index (κ3) is 7.03. The van der Waals surface area contributed by atoms with Crippen molar-refractivity contribution < 1.29 is 4.74 Å². The summed E-state index contributed by atoms with van der Waals surface area (Å²) in [6, 6.07) is 15.4. The summed E-state index contributed by atoms with van der Waals surface area (Å²) in [5.41, 5.74) is 9.64. The molecule has 0 heterocycles. The standard InChI is InChI=1S/C51H78O/c1-29-18-30(2)20-34(19-29)46-38-17-15-16-33(38)25-41-39(31(3)21-43(41)46)27-40-32(4)22-44-42(40)28-45(51(11,12)13)48(52-14)47(44)35-23-36(49(5,6)7)26-37(24-35)50(8,9)10/h18-20,23-24,26,31-33,38-48H,15-17,21-22,25,27-28H2,1-14H3. The Kier molecular flexibility index (Phi) is 10.3. The van der Waals surface area contributed by atoms with Gasteiger partial charge in [0, 0.05) is 13.0 Å². The Bertz CT molecular complexity index is 1520. The largest absolute Gasteiger partial charge is 0.381 e. The van der Waals surface area contributed by atoms with E-state index in [-0.39, 0.29) is 22.3 Å². The van der Waals surface area contributed by atoms with E-state index in [0.717, 1.165) is 59.2 Å². The van der Waals surface area contributed by atoms with Crippen molar-refractivity contribution in [2.75, 3.05) is 7.11 Å². The summed E-state index contributed by atoms with van der Waals surface area (Å²) in [6.45, 7) is 32.0. The van der Waals surface area contributed by atoms with Gasteiger partial charge in [0.1, 0.15) is 0 Å². The number of hydrogen-bond acceptors (Lipinski definition) is 1. The number of rotatable bonds is 5. The lowest BCUT2D eigenvalue weighted by atomic mass is 9.56. The van der Waals surface area contributed by atoms with Crippen LogP contribution < -0.4 is 0 Å². The van der Waals surface area contributed by atoms with Crippen LogP contribution in [0.4, 0.5) is 0 Å². The van der Waals surface area contributed by atoms with E-state index in [0.29, 0.717) is 17.8 Å². The van der Waals surface area contributed by atoms with E-state index in [4.69, 9.17) is 4.74 Å². The molecule has 14 unspecified atom stereocenters. The molecule has 0 bridgehead atoms. The first-order chi connectivity index (χ1) is 24.3. The Balaban J connectivity index is 1.25. The zero-order chi connectivity index (χ0) is 37.7. The van der Waals surface area contributed by atoms with Crippen LogP contribution in [0.3, 0.4) is 0 Å². The molecule has 0 aromatic heterocycles. The first kappa shape index (κ1) is 38.7. The number of fused-ring (bicyclic) bond motifs is 3. The minimum Gasteiger partial charge on any atom is -0.381 e. The highest BCUT2D eigenvalue weighted by atomic mass is 16.5. The van der Waals surface area contributed by atoms with Crippen LogP contribution in [0.15, 0.2) is 36.4 Å². The van der Waals surface area contributed by atoms with Crippen molar-refractivity contribution in [3.05, 3.63) is 69.8 Å². The van der Waals surface area contributed by atoms with E-state index in [1.54, 1.807) is 11.1 Å². The minimum absolute atomic E-state index is 0.115. The normalized spacial score (nSPS) is 39.3. The molecule has 0 radical (unpaired) electrons. The van der Waals surface area contributed by atoms with Crippen LogP contribution in [0, 0.1) is 84.4 Å². The molecule has 5 aliphatic rings. The Morgan fingerprint density at radius 3 is 1.62 bits per heavy atom. The van der Waals surface area contributed by atoms with Crippen molar-refractivity contribution in [1.82, 2.24) is 0 Å². The van der Waals surface area contributed by atoms with Gasteiger partial charge in [-0.15, -0.1) is 0 Å². The molecule has 288 valence electrons. The molecule has 2 aromatic rings. The van der Waals surface area contributed by atoms with Gasteiger partial charge in [-0.25, -0.2) is 0 Å². The Morgan fingerprint density at radius 1 is 0.577 bits per heavy atom. The average molecular weight is 707 g/mol. The molecule has 2 aromatic carbocycles. The van der Waals surface area contributed by atoms with E-state index in [1.165, 1.54) is 73.6 Å². The van der Waals surface area contributed by atoms with Crippen molar-refractivity contribution in [3.8, 4) is 0 Å². The van der Waals surface area contributed by atoms with Crippen molar-refractivity contribution >= 4 is 0 Å². The molecule has 0 N–H and O–H groups in total. The molecule has 1 nitrogen and oxygen atoms in total. The van der Waals surface area contributed by atoms with Gasteiger partial charge in [0.15, 0.2) is 0 Å². The Hall–Kier alpha value is -1.60. The Labute approximate surface area is 321 Å². The maximum Gasteiger partial charge on any atom is 0.0675 e. The van der Waals surface area contributed by atoms with Gasteiger partial charge in [-0.1, -0.05) is 137 Å². The van der Waals surface area contributed by atoms with Crippen LogP contribution in [-0.2, 0) is 15.6 Å². The smallest absolute Gasteiger partial charge is 0.0675 e. The van der Waals surface area contributed by atoms with E-state index in [1.807, 2.05) is 7.11 Å². The van der Waals surface area contributed by atoms with Gasteiger partial charge in [-0.3, -0.25) is 0 Å². The summed E-state index contributed by atoms with van der Waals surface area (Å²) in [6.07, 6.45) is 11.8. The van der Waals surface area contributed by atoms with E-state index < -0.39 is 0 Å². The first-order valence-electron chi connectivity index (χ1n) is 22.0. The first-order valence-corrected chi connectivity index (χ1v) is 22.0. The predicted octanol–water partition coefficient (Wildman–Crippen LogP) is 13.8. The summed E-state index contributed by atoms with van der Waals surface area (Å²) >= 11 is 0. The zero-order valence-electron chi connectivity index (χ0n) is 36.1. The average Bonchev–Trinajstić information content (AvgIpc) is 3.72. The van der Waals surface area contributed by atoms with Gasteiger partial charge in [-0.05, 0) is 162 Å². The number of benzene rings is 2. The highest BCUT2D eigenvalue weighted by molar-refractivity contribution is 5.40. The molecule has 0 saturated heterocycles. The molecule has 0 aliphatic heterocycles. The summed E-state index contributed by atoms with van der Waals surface area (Å²) < 4.78 is 6.76. The maximum absolute atomic E-state index is 6.76. The lowest BCUT2D eigenvalue weighted by Crippen LogP contribution is -2.48. The van der Waals surface area contributed by atoms with Gasteiger partial charge < -0.3 is 4.74 Å². The monoisotopic (exact) mass is 707 g/mol. The van der Waals surface area contributed by atoms with Gasteiger partial charge in [0.2, 0.25) is 0 Å². The third-order valence-corrected chi connectivity index (χ3v) is 16.5. The zero-order valence-corrected chi connectivity index (χ0v) is 36.1. The second kappa shape index (κ2) is 13.9. The predicted molar refractivity (Wildman–Crippen MR) is 222 cm³/mol. The van der Waals surface area contributed by atoms with Gasteiger partial charge in [0.25, 0.3) is 0 Å². The highest BCUT2D eigenvalue weighted by Crippen LogP contribution is 2.65. The van der Waals surface area contributed by atoms with Gasteiger partial charge in [-0.2, -0.15) is 0 Å². The molecule has 1 heteroatoms. The van der Waals surface area contributed by atoms with Crippen LogP contribution in [-0.4, -0.2) is 13.2 Å². The number of ether oxygens (including phenoxy) is 1. The van der Waals surface area contributed by atoms with E-state index in [2.05, 4.69) is 126 Å². The fourth-order valence-corrected chi connectivity index (χ4v) is 14.1. The van der Waals surface area contributed by atoms with Crippen molar-refractivity contribution in [1.29, 1.82) is 0 Å². The third-order valence-electron chi connectivity index (χ3n) is 16.5. The number of hydrogen-bond donors (Lipinski definition) is 0. The SMILES string of the molecule is COC1C(c2cc(C(C)(C)C)cc(C(C)(C)C)c2)C2CC(C)C(CC3C(C)CC4C3CC3CCCC3C4c3cc(C)cc(C)c3)C2CC1C(C)(C)C. The van der Waals surface area contributed by atoms with Crippen LogP contribution in [0.25, 0.3) is 0 Å². The van der Waals surface area contributed by atoms with E-state index >= 15 is 0 Å². The van der Waals surface area contributed by atoms with Crippen molar-refractivity contribution in [2.45, 2.75) is 170 Å². The summed E-state index contributed by atoms with van der Waals surface area (Å²) in [4.78, 5) is 0. The van der Waals surface area contributed by atoms with Gasteiger partial charge >= 0.3 is 0 Å². The molecule has 7 rings (SSSR count). The second-order valence-electron chi connectivity index (χ2n) is 23.0. The summed E-state index contributed by atoms with van der Waals surface area (Å²) in [5, 5.41) is 0. The molecule has 52 heavy (non-hydrogen) atoms. The lowest BCUT2D eigenvalue weighted by molar-refractivity contribution is -0.0760. The van der Waals surface area contributed by atoms with Crippen LogP contribution in [0.5, 0.6) is 0 Å². The summed E-state index contributed by atoms with van der Waals surface area (Å²) in [7, 11) is 2.04. The molecule has 14 atom stereocenters. The topological polar surface area (TPSA) is 9.23 Å². The van der Waals surface area contributed by atoms with Crippen LogP contribution >= 0.6 is 0 Å². The van der Waals surface area contributed by atoms with Gasteiger partial charge in [0.05, 0.1) is 6.10 Å². The fourth-order valence-electron chi connectivity index (χ4n) is 14.1. The molecule has 5 fully saturated rings. The van der Waals surface area contributed by atoms with Crippen LogP contribution in [0.2, 0.25) is 0 Å². The Morgan fingerprint density at radius 2 is 1.10 bits per heavy atom. The van der Waals surface area contributed by atoms with E-state index in [9.17, 15) is 0 Å². The lowest BCUT2D eigenvalue weighted by Gasteiger charge is -2.51. The number of methoxy groups -OCH3 is 1. The fraction of sp³-hybridized carbons (Fsp3) is 0.765. The number of aryl methyl sites for hydroxylation is 2. The van der Waals surface area contributed by atoms with Crippen molar-refractivity contribution in [2.24, 2.45) is 70.5 Å². The second-order valence-corrected chi connectivity index (χ2v) is 23.0. The minimum atomic E-state index is 0.115. The molecular formula is C51H78O. The molecule has 5 aliphatic carbocycles. The van der Waals surface area contributed by atoms with Crippen molar-refractivity contribution in [3.63, 3.8) is 0 Å². The van der Waals surface area contributed by atoms with Crippen LogP contribution in [0.1, 0.15) is 173 Å². The molecular weight excluding hydrogens is 629 g/mol. The molecule has 5 saturated carbocycles. The summed E-state index contributed by atoms with van der Waals surface area (Å²) in [5.74, 6) is 10.3. The quantitative estimate of drug-likeness (QED) is 0.301. The highest BCUT2D eigenvalue weighted by Gasteiger charge is 2.58.